The van der Waals surface area contributed by atoms with Gasteiger partial charge in [-0.15, -0.1) is 11.3 Å². The topological polar surface area (TPSA) is 49.4 Å². The van der Waals surface area contributed by atoms with Crippen LogP contribution in [-0.4, -0.2) is 43.2 Å². The first kappa shape index (κ1) is 16.6. The van der Waals surface area contributed by atoms with E-state index in [0.29, 0.717) is 10.8 Å². The molecule has 1 aliphatic carbocycles. The number of nitrogens with zero attached hydrogens (tertiary/aromatic N) is 1. The molecule has 4 nitrogen and oxygen atoms in total. The molecule has 4 fully saturated rings. The molecular weight excluding hydrogens is 322 g/mol. The van der Waals surface area contributed by atoms with E-state index in [1.165, 1.54) is 24.4 Å². The fourth-order valence-electron chi connectivity index (χ4n) is 5.00. The summed E-state index contributed by atoms with van der Waals surface area (Å²) < 4.78 is 6.92. The third-order valence-electron chi connectivity index (χ3n) is 6.60. The maximum Gasteiger partial charge on any atom is 0.301 e. The number of quaternary nitrogens is 1. The first-order valence-electron chi connectivity index (χ1n) is 9.30. The second kappa shape index (κ2) is 6.11. The molecular formula is C19H27NO3S. The van der Waals surface area contributed by atoms with Crippen LogP contribution in [-0.2, 0) is 15.1 Å². The standard InChI is InChI=1S/C19H27NO3S/c1-20-10-8-14(9-11-20)16(13-20)23-18(21)19(22,15-5-2-3-6-15)17-7-4-12-24-17/h4,7,12,14-16H,2-3,5-6,8-11,13H2,1H3/t14?,16-,19?,20?/m1/s1. The molecule has 4 heterocycles. The van der Waals surface area contributed by atoms with Gasteiger partial charge < -0.3 is 14.3 Å². The Morgan fingerprint density at radius 3 is 2.58 bits per heavy atom. The van der Waals surface area contributed by atoms with Crippen LogP contribution in [0.3, 0.4) is 0 Å². The second-order valence-electron chi connectivity index (χ2n) is 8.22. The van der Waals surface area contributed by atoms with Crippen molar-refractivity contribution in [2.75, 3.05) is 26.7 Å². The number of ether oxygens (including phenoxy) is 1. The number of likely N-dealkylation sites (N-methyl/N-ethyl adjacent to an activating group) is 1. The average molecular weight is 349 g/mol. The number of esters is 1. The molecule has 4 aliphatic rings. The predicted molar refractivity (Wildman–Crippen MR) is 91.3 cm³/mol. The van der Waals surface area contributed by atoms with E-state index in [9.17, 15) is 9.90 Å². The van der Waals surface area contributed by atoms with Gasteiger partial charge in [0.1, 0.15) is 6.54 Å². The van der Waals surface area contributed by atoms with Crippen molar-refractivity contribution < 1.29 is 19.1 Å². The van der Waals surface area contributed by atoms with Crippen molar-refractivity contribution in [2.24, 2.45) is 11.8 Å². The van der Waals surface area contributed by atoms with Crippen LogP contribution in [0.15, 0.2) is 17.5 Å². The summed E-state index contributed by atoms with van der Waals surface area (Å²) >= 11 is 1.40. The Morgan fingerprint density at radius 1 is 1.29 bits per heavy atom. The molecule has 2 bridgehead atoms. The Morgan fingerprint density at radius 2 is 2.00 bits per heavy atom. The molecule has 1 saturated carbocycles. The molecule has 2 atom stereocenters. The maximum atomic E-state index is 13.8. The largest absolute Gasteiger partial charge is 0.837 e. The van der Waals surface area contributed by atoms with Gasteiger partial charge >= 0.3 is 5.97 Å². The number of piperidine rings is 3. The summed E-state index contributed by atoms with van der Waals surface area (Å²) in [6.45, 7) is 3.23. The smallest absolute Gasteiger partial charge is 0.301 e. The van der Waals surface area contributed by atoms with E-state index in [1.54, 1.807) is 0 Å². The normalized spacial score (nSPS) is 35.8. The average Bonchev–Trinajstić information content (AvgIpc) is 3.28. The van der Waals surface area contributed by atoms with Gasteiger partial charge in [0.25, 0.3) is 0 Å². The number of rotatable bonds is 4. The molecule has 0 radical (unpaired) electrons. The van der Waals surface area contributed by atoms with Crippen molar-refractivity contribution in [3.63, 3.8) is 0 Å². The van der Waals surface area contributed by atoms with E-state index >= 15 is 0 Å². The Bertz CT molecular complexity index is 588. The van der Waals surface area contributed by atoms with Crippen LogP contribution in [0, 0.1) is 11.8 Å². The molecule has 132 valence electrons. The molecule has 3 saturated heterocycles. The monoisotopic (exact) mass is 349 g/mol. The van der Waals surface area contributed by atoms with E-state index in [2.05, 4.69) is 7.05 Å². The van der Waals surface area contributed by atoms with Gasteiger partial charge in [0, 0.05) is 29.2 Å². The van der Waals surface area contributed by atoms with Gasteiger partial charge in [-0.05, 0) is 17.4 Å². The number of thiophene rings is 1. The maximum absolute atomic E-state index is 13.8. The summed E-state index contributed by atoms with van der Waals surface area (Å²) in [7, 11) is 2.25. The molecule has 0 spiro atoms. The lowest BCUT2D eigenvalue weighted by Crippen LogP contribution is -2.63. The van der Waals surface area contributed by atoms with Crippen LogP contribution in [0.25, 0.3) is 0 Å². The second-order valence-corrected chi connectivity index (χ2v) is 9.17. The van der Waals surface area contributed by atoms with E-state index in [4.69, 9.17) is 4.74 Å². The summed E-state index contributed by atoms with van der Waals surface area (Å²) in [5.74, 6) is -0.179. The van der Waals surface area contributed by atoms with Crippen molar-refractivity contribution in [3.05, 3.63) is 22.4 Å². The Balaban J connectivity index is 1.56. The van der Waals surface area contributed by atoms with Crippen molar-refractivity contribution in [3.8, 4) is 0 Å². The zero-order valence-corrected chi connectivity index (χ0v) is 15.2. The highest BCUT2D eigenvalue weighted by Gasteiger charge is 2.48. The van der Waals surface area contributed by atoms with Gasteiger partial charge in [-0.25, -0.2) is 0 Å². The molecule has 5 heteroatoms. The SMILES string of the molecule is C[N+]12CCC(CC1)[C@H](OC(=O)C([O-])(c1cccs1)C1CCCC1)C2. The van der Waals surface area contributed by atoms with Crippen molar-refractivity contribution in [1.29, 1.82) is 0 Å². The van der Waals surface area contributed by atoms with E-state index < -0.39 is 11.6 Å². The fourth-order valence-corrected chi connectivity index (χ4v) is 5.88. The minimum absolute atomic E-state index is 0.0697. The van der Waals surface area contributed by atoms with Gasteiger partial charge in [0.2, 0.25) is 0 Å². The molecule has 1 aromatic rings. The van der Waals surface area contributed by atoms with Gasteiger partial charge in [0.05, 0.1) is 20.1 Å². The van der Waals surface area contributed by atoms with Gasteiger partial charge in [-0.2, -0.15) is 0 Å². The molecule has 5 rings (SSSR count). The van der Waals surface area contributed by atoms with Gasteiger partial charge in [-0.3, -0.25) is 4.79 Å². The highest BCUT2D eigenvalue weighted by atomic mass is 32.1. The summed E-state index contributed by atoms with van der Waals surface area (Å²) in [6, 6.07) is 3.69. The lowest BCUT2D eigenvalue weighted by molar-refractivity contribution is -0.928. The van der Waals surface area contributed by atoms with Crippen LogP contribution in [0.5, 0.6) is 0 Å². The zero-order valence-electron chi connectivity index (χ0n) is 14.4. The number of carbonyl (C=O) groups excluding carboxylic acids is 1. The summed E-state index contributed by atoms with van der Waals surface area (Å²) in [6.07, 6.45) is 5.95. The number of hydrogen-bond acceptors (Lipinski definition) is 4. The van der Waals surface area contributed by atoms with Gasteiger partial charge in [-0.1, -0.05) is 31.7 Å². The lowest BCUT2D eigenvalue weighted by Gasteiger charge is -2.51. The summed E-state index contributed by atoms with van der Waals surface area (Å²) in [4.78, 5) is 13.7. The molecule has 24 heavy (non-hydrogen) atoms. The minimum Gasteiger partial charge on any atom is -0.837 e. The molecule has 1 aromatic heterocycles. The van der Waals surface area contributed by atoms with Crippen LogP contribution >= 0.6 is 11.3 Å². The molecule has 1 unspecified atom stereocenters. The summed E-state index contributed by atoms with van der Waals surface area (Å²) in [5, 5.41) is 15.7. The quantitative estimate of drug-likeness (QED) is 0.619. The third kappa shape index (κ3) is 2.71. The first-order valence-corrected chi connectivity index (χ1v) is 10.2. The van der Waals surface area contributed by atoms with Crippen molar-refractivity contribution in [1.82, 2.24) is 0 Å². The van der Waals surface area contributed by atoms with Crippen LogP contribution < -0.4 is 5.11 Å². The number of fused-ring (bicyclic) bond motifs is 3. The minimum atomic E-state index is -1.70. The summed E-state index contributed by atoms with van der Waals surface area (Å²) in [5.41, 5.74) is -1.70. The van der Waals surface area contributed by atoms with Crippen molar-refractivity contribution in [2.45, 2.75) is 50.2 Å². The predicted octanol–water partition coefficient (Wildman–Crippen LogP) is 2.28. The highest BCUT2D eigenvalue weighted by molar-refractivity contribution is 7.10. The molecule has 0 amide bonds. The Hall–Kier alpha value is -0.910. The fraction of sp³-hybridized carbons (Fsp3) is 0.737. The molecule has 3 aliphatic heterocycles. The highest BCUT2D eigenvalue weighted by Crippen LogP contribution is 2.42. The third-order valence-corrected chi connectivity index (χ3v) is 7.59. The molecule has 0 N–H and O–H groups in total. The zero-order chi connectivity index (χ0) is 16.8. The van der Waals surface area contributed by atoms with Crippen LogP contribution in [0.1, 0.15) is 43.4 Å². The Labute approximate surface area is 148 Å². The van der Waals surface area contributed by atoms with E-state index in [-0.39, 0.29) is 12.0 Å². The van der Waals surface area contributed by atoms with Gasteiger partial charge in [0.15, 0.2) is 6.10 Å². The number of carbonyl (C=O) groups is 1. The Kier molecular flexibility index (Phi) is 4.22. The van der Waals surface area contributed by atoms with E-state index in [1.807, 2.05) is 17.5 Å². The van der Waals surface area contributed by atoms with Crippen LogP contribution in [0.4, 0.5) is 0 Å². The van der Waals surface area contributed by atoms with Crippen LogP contribution in [0.2, 0.25) is 0 Å². The lowest BCUT2D eigenvalue weighted by atomic mass is 9.82. The molecule has 0 aromatic carbocycles. The van der Waals surface area contributed by atoms with E-state index in [0.717, 1.165) is 49.6 Å². The first-order chi connectivity index (χ1) is 11.5. The number of hydrogen-bond donors (Lipinski definition) is 0. The van der Waals surface area contributed by atoms with Crippen molar-refractivity contribution >= 4 is 17.3 Å².